The van der Waals surface area contributed by atoms with E-state index in [4.69, 9.17) is 4.74 Å². The Balaban J connectivity index is 1.77. The number of benzene rings is 1. The number of likely N-dealkylation sites (tertiary alicyclic amines) is 1. The Hall–Kier alpha value is -1.59. The topological polar surface area (TPSA) is 45.6 Å². The molecule has 1 aliphatic rings. The number of methoxy groups -OCH3 is 1. The van der Waals surface area contributed by atoms with Gasteiger partial charge in [0.2, 0.25) is 0 Å². The number of nitrogens with zero attached hydrogens (tertiary/aromatic N) is 2. The molecule has 1 N–H and O–H groups in total. The second-order valence-corrected chi connectivity index (χ2v) is 6.49. The van der Waals surface area contributed by atoms with E-state index in [9.17, 15) is 5.11 Å². The number of hydrogen-bond acceptors (Lipinski definition) is 5. The number of thiazole rings is 1. The van der Waals surface area contributed by atoms with Crippen LogP contribution >= 0.6 is 11.3 Å². The average Bonchev–Trinajstić information content (AvgIpc) is 3.09. The molecule has 0 bridgehead atoms. The van der Waals surface area contributed by atoms with Crippen LogP contribution in [0.2, 0.25) is 0 Å². The molecule has 0 unspecified atom stereocenters. The van der Waals surface area contributed by atoms with Crippen LogP contribution in [0.15, 0.2) is 23.6 Å². The zero-order chi connectivity index (χ0) is 14.8. The van der Waals surface area contributed by atoms with E-state index in [1.165, 1.54) is 18.5 Å². The molecule has 1 aliphatic heterocycles. The van der Waals surface area contributed by atoms with Crippen molar-refractivity contribution in [3.63, 3.8) is 0 Å². The Kier molecular flexibility index (Phi) is 4.12. The summed E-state index contributed by atoms with van der Waals surface area (Å²) in [5.41, 5.74) is 2.35. The predicted molar refractivity (Wildman–Crippen MR) is 83.9 cm³/mol. The molecule has 1 aromatic heterocycles. The number of phenols is 1. The molecule has 112 valence electrons. The van der Waals surface area contributed by atoms with Crippen molar-refractivity contribution >= 4 is 11.3 Å². The van der Waals surface area contributed by atoms with Gasteiger partial charge in [-0.25, -0.2) is 4.98 Å². The summed E-state index contributed by atoms with van der Waals surface area (Å²) < 4.78 is 5.19. The molecule has 0 spiro atoms. The molecule has 2 aromatic rings. The van der Waals surface area contributed by atoms with E-state index in [1.54, 1.807) is 24.5 Å². The molecule has 5 heteroatoms. The lowest BCUT2D eigenvalue weighted by Gasteiger charge is -2.23. The normalized spacial score (nSPS) is 19.0. The van der Waals surface area contributed by atoms with Crippen molar-refractivity contribution < 1.29 is 9.84 Å². The quantitative estimate of drug-likeness (QED) is 0.939. The van der Waals surface area contributed by atoms with Crippen LogP contribution in [0, 0.1) is 6.92 Å². The summed E-state index contributed by atoms with van der Waals surface area (Å²) in [6.45, 7) is 4.00. The maximum absolute atomic E-state index is 9.68. The lowest BCUT2D eigenvalue weighted by atomic mass is 10.1. The van der Waals surface area contributed by atoms with Gasteiger partial charge in [0.1, 0.15) is 0 Å². The monoisotopic (exact) mass is 304 g/mol. The van der Waals surface area contributed by atoms with Crippen molar-refractivity contribution in [2.45, 2.75) is 32.4 Å². The number of aromatic hydroxyl groups is 1. The van der Waals surface area contributed by atoms with Crippen LogP contribution in [0.3, 0.4) is 0 Å². The first-order chi connectivity index (χ1) is 10.2. The number of aromatic nitrogens is 1. The summed E-state index contributed by atoms with van der Waals surface area (Å²) >= 11 is 1.72. The Morgan fingerprint density at radius 1 is 1.48 bits per heavy atom. The highest BCUT2D eigenvalue weighted by atomic mass is 32.1. The van der Waals surface area contributed by atoms with Crippen molar-refractivity contribution in [1.82, 2.24) is 9.88 Å². The van der Waals surface area contributed by atoms with Crippen LogP contribution in [-0.4, -0.2) is 28.6 Å². The molecule has 1 fully saturated rings. The summed E-state index contributed by atoms with van der Waals surface area (Å²) in [7, 11) is 1.58. The molecule has 21 heavy (non-hydrogen) atoms. The van der Waals surface area contributed by atoms with Gasteiger partial charge in [-0.05, 0) is 44.0 Å². The third kappa shape index (κ3) is 3.04. The number of ether oxygens (including phenoxy) is 1. The van der Waals surface area contributed by atoms with Crippen LogP contribution in [0.5, 0.6) is 11.5 Å². The van der Waals surface area contributed by atoms with Crippen LogP contribution in [0.25, 0.3) is 0 Å². The molecule has 0 saturated carbocycles. The first-order valence-electron chi connectivity index (χ1n) is 7.19. The fourth-order valence-corrected chi connectivity index (χ4v) is 3.60. The number of phenolic OH excluding ortho intramolecular Hbond substituents is 1. The summed E-state index contributed by atoms with van der Waals surface area (Å²) in [6.07, 6.45) is 2.37. The van der Waals surface area contributed by atoms with Gasteiger partial charge in [0.25, 0.3) is 0 Å². The van der Waals surface area contributed by atoms with Crippen LogP contribution < -0.4 is 4.74 Å². The van der Waals surface area contributed by atoms with E-state index in [-0.39, 0.29) is 5.75 Å². The van der Waals surface area contributed by atoms with Crippen LogP contribution in [0.1, 0.15) is 35.1 Å². The Morgan fingerprint density at radius 3 is 3.05 bits per heavy atom. The van der Waals surface area contributed by atoms with Crippen molar-refractivity contribution in [1.29, 1.82) is 0 Å². The fourth-order valence-electron chi connectivity index (χ4n) is 2.94. The molecule has 1 saturated heterocycles. The zero-order valence-corrected chi connectivity index (χ0v) is 13.2. The van der Waals surface area contributed by atoms with E-state index in [0.29, 0.717) is 11.8 Å². The molecule has 0 amide bonds. The van der Waals surface area contributed by atoms with Gasteiger partial charge >= 0.3 is 0 Å². The molecule has 2 heterocycles. The van der Waals surface area contributed by atoms with Crippen molar-refractivity contribution in [2.24, 2.45) is 0 Å². The average molecular weight is 304 g/mol. The first kappa shape index (κ1) is 14.4. The summed E-state index contributed by atoms with van der Waals surface area (Å²) in [5, 5.41) is 13.0. The standard InChI is InChI=1S/C16H20N2O2S/c1-11-17-13(10-21-11)14-4-3-7-18(14)9-12-5-6-15(19)16(8-12)20-2/h5-6,8,10,14,19H,3-4,7,9H2,1-2H3/t14-/m0/s1. The Bertz CT molecular complexity index is 626. The highest BCUT2D eigenvalue weighted by Gasteiger charge is 2.27. The van der Waals surface area contributed by atoms with Crippen molar-refractivity contribution in [3.8, 4) is 11.5 Å². The van der Waals surface area contributed by atoms with Crippen molar-refractivity contribution in [3.05, 3.63) is 39.8 Å². The third-order valence-corrected chi connectivity index (χ3v) is 4.76. The van der Waals surface area contributed by atoms with Crippen LogP contribution in [-0.2, 0) is 6.54 Å². The number of rotatable bonds is 4. The smallest absolute Gasteiger partial charge is 0.160 e. The van der Waals surface area contributed by atoms with E-state index in [0.717, 1.165) is 23.7 Å². The third-order valence-electron chi connectivity index (χ3n) is 3.97. The van der Waals surface area contributed by atoms with Gasteiger partial charge in [-0.1, -0.05) is 6.07 Å². The van der Waals surface area contributed by atoms with E-state index in [1.807, 2.05) is 12.1 Å². The Labute approximate surface area is 129 Å². The van der Waals surface area contributed by atoms with E-state index in [2.05, 4.69) is 22.2 Å². The lowest BCUT2D eigenvalue weighted by molar-refractivity contribution is 0.244. The second kappa shape index (κ2) is 6.03. The lowest BCUT2D eigenvalue weighted by Crippen LogP contribution is -2.23. The minimum Gasteiger partial charge on any atom is -0.504 e. The van der Waals surface area contributed by atoms with Crippen molar-refractivity contribution in [2.75, 3.05) is 13.7 Å². The van der Waals surface area contributed by atoms with Crippen LogP contribution in [0.4, 0.5) is 0 Å². The van der Waals surface area contributed by atoms with Gasteiger partial charge in [-0.3, -0.25) is 4.90 Å². The minimum atomic E-state index is 0.189. The summed E-state index contributed by atoms with van der Waals surface area (Å²) in [6, 6.07) is 5.98. The first-order valence-corrected chi connectivity index (χ1v) is 8.07. The van der Waals surface area contributed by atoms with Gasteiger partial charge < -0.3 is 9.84 Å². The van der Waals surface area contributed by atoms with Gasteiger partial charge in [0.05, 0.1) is 23.9 Å². The largest absolute Gasteiger partial charge is 0.504 e. The molecule has 0 radical (unpaired) electrons. The fraction of sp³-hybridized carbons (Fsp3) is 0.438. The highest BCUT2D eigenvalue weighted by Crippen LogP contribution is 2.34. The van der Waals surface area contributed by atoms with Gasteiger partial charge in [0, 0.05) is 11.9 Å². The summed E-state index contributed by atoms with van der Waals surface area (Å²) in [5.74, 6) is 0.724. The molecule has 1 aromatic carbocycles. The van der Waals surface area contributed by atoms with Gasteiger partial charge in [-0.2, -0.15) is 0 Å². The maximum atomic E-state index is 9.68. The predicted octanol–water partition coefficient (Wildman–Crippen LogP) is 3.50. The van der Waals surface area contributed by atoms with Gasteiger partial charge in [-0.15, -0.1) is 11.3 Å². The minimum absolute atomic E-state index is 0.189. The number of aryl methyl sites for hydroxylation is 1. The molecule has 0 aliphatic carbocycles. The molecular weight excluding hydrogens is 284 g/mol. The highest BCUT2D eigenvalue weighted by molar-refractivity contribution is 7.09. The second-order valence-electron chi connectivity index (χ2n) is 5.43. The molecule has 4 nitrogen and oxygen atoms in total. The SMILES string of the molecule is COc1cc(CN2CCC[C@H]2c2csc(C)n2)ccc1O. The van der Waals surface area contributed by atoms with Gasteiger partial charge in [0.15, 0.2) is 11.5 Å². The number of hydrogen-bond donors (Lipinski definition) is 1. The zero-order valence-electron chi connectivity index (χ0n) is 12.4. The maximum Gasteiger partial charge on any atom is 0.160 e. The molecular formula is C16H20N2O2S. The molecule has 3 rings (SSSR count). The molecule has 1 atom stereocenters. The summed E-state index contributed by atoms with van der Waals surface area (Å²) in [4.78, 5) is 7.10. The van der Waals surface area contributed by atoms with E-state index >= 15 is 0 Å². The van der Waals surface area contributed by atoms with E-state index < -0.39 is 0 Å². The Morgan fingerprint density at radius 2 is 2.33 bits per heavy atom.